The van der Waals surface area contributed by atoms with E-state index in [2.05, 4.69) is 18.0 Å². The first-order chi connectivity index (χ1) is 14.0. The maximum atomic E-state index is 13.1. The van der Waals surface area contributed by atoms with Gasteiger partial charge in [0.25, 0.3) is 0 Å². The molecule has 1 saturated carbocycles. The number of aromatic nitrogens is 1. The van der Waals surface area contributed by atoms with Gasteiger partial charge in [-0.2, -0.15) is 0 Å². The fourth-order valence-electron chi connectivity index (χ4n) is 5.01. The Kier molecular flexibility index (Phi) is 7.58. The molecule has 1 saturated heterocycles. The monoisotopic (exact) mass is 436 g/mol. The molecular weight excluding hydrogens is 404 g/mol. The first-order valence-electron chi connectivity index (χ1n) is 11.0. The Hall–Kier alpha value is -1.86. The summed E-state index contributed by atoms with van der Waals surface area (Å²) < 4.78 is 0. The number of carboxylic acid groups (broad SMARTS) is 1. The van der Waals surface area contributed by atoms with Crippen molar-refractivity contribution in [3.05, 3.63) is 23.4 Å². The minimum absolute atomic E-state index is 0. The number of urea groups is 1. The summed E-state index contributed by atoms with van der Waals surface area (Å²) >= 11 is 0. The quantitative estimate of drug-likeness (QED) is 0.766. The third-order valence-electron chi connectivity index (χ3n) is 6.89. The number of hydrogen-bond donors (Lipinski definition) is 1. The smallest absolute Gasteiger partial charge is 0.326 e. The lowest BCUT2D eigenvalue weighted by Gasteiger charge is -2.34. The number of carboxylic acids is 1. The molecule has 1 N–H and O–H groups in total. The standard InChI is InChI=1S/C22H32N4O3.ClH/c1-24-12-10-17-5-8-20(23-19(17)11-13-24)26-15-14-25(22(26)29)18-6-2-16(3-7-18)4-9-21(27)28;/h5,8,16,18H,2-4,6-7,9-15H2,1H3,(H,27,28);1H. The van der Waals surface area contributed by atoms with Gasteiger partial charge in [-0.05, 0) is 63.1 Å². The number of halogens is 1. The SMILES string of the molecule is CN1CCc2ccc(N3CCN(C4CCC(CCC(=O)O)CC4)C3=O)nc2CC1.Cl. The Morgan fingerprint density at radius 1 is 1.10 bits per heavy atom. The normalized spacial score (nSPS) is 24.9. The molecule has 3 heterocycles. The lowest BCUT2D eigenvalue weighted by atomic mass is 9.83. The fourth-order valence-corrected chi connectivity index (χ4v) is 5.01. The zero-order chi connectivity index (χ0) is 20.4. The Bertz CT molecular complexity index is 767. The number of carbonyl (C=O) groups excluding carboxylic acids is 1. The fraction of sp³-hybridized carbons (Fsp3) is 0.682. The summed E-state index contributed by atoms with van der Waals surface area (Å²) in [7, 11) is 2.14. The molecule has 0 aromatic carbocycles. The number of fused-ring (bicyclic) bond motifs is 1. The molecule has 2 fully saturated rings. The van der Waals surface area contributed by atoms with Gasteiger partial charge < -0.3 is 14.9 Å². The van der Waals surface area contributed by atoms with E-state index >= 15 is 0 Å². The highest BCUT2D eigenvalue weighted by Gasteiger charge is 2.37. The van der Waals surface area contributed by atoms with Crippen molar-refractivity contribution in [2.75, 3.05) is 38.1 Å². The van der Waals surface area contributed by atoms with Crippen LogP contribution in [0, 0.1) is 5.92 Å². The molecule has 2 amide bonds. The van der Waals surface area contributed by atoms with E-state index < -0.39 is 5.97 Å². The molecule has 0 atom stereocenters. The van der Waals surface area contributed by atoms with Gasteiger partial charge in [0, 0.05) is 50.8 Å². The first kappa shape index (κ1) is 22.8. The van der Waals surface area contributed by atoms with Crippen molar-refractivity contribution in [3.63, 3.8) is 0 Å². The highest BCUT2D eigenvalue weighted by Crippen LogP contribution is 2.33. The van der Waals surface area contributed by atoms with Gasteiger partial charge in [-0.15, -0.1) is 12.4 Å². The Balaban J connectivity index is 0.00000256. The number of anilines is 1. The van der Waals surface area contributed by atoms with E-state index in [1.165, 1.54) is 5.56 Å². The number of carbonyl (C=O) groups is 2. The predicted octanol–water partition coefficient (Wildman–Crippen LogP) is 3.20. The van der Waals surface area contributed by atoms with Crippen molar-refractivity contribution >= 4 is 30.2 Å². The third-order valence-corrected chi connectivity index (χ3v) is 6.89. The summed E-state index contributed by atoms with van der Waals surface area (Å²) in [5.74, 6) is 0.564. The van der Waals surface area contributed by atoms with Gasteiger partial charge in [-0.25, -0.2) is 9.78 Å². The number of rotatable bonds is 5. The maximum absolute atomic E-state index is 13.1. The zero-order valence-corrected chi connectivity index (χ0v) is 18.6. The van der Waals surface area contributed by atoms with Crippen molar-refractivity contribution in [3.8, 4) is 0 Å². The summed E-state index contributed by atoms with van der Waals surface area (Å²) in [6.45, 7) is 3.52. The molecule has 1 aromatic rings. The number of pyridine rings is 1. The highest BCUT2D eigenvalue weighted by molar-refractivity contribution is 5.93. The van der Waals surface area contributed by atoms with E-state index in [0.717, 1.165) is 76.1 Å². The molecule has 1 aromatic heterocycles. The largest absolute Gasteiger partial charge is 0.481 e. The van der Waals surface area contributed by atoms with Crippen LogP contribution in [0.15, 0.2) is 12.1 Å². The highest BCUT2D eigenvalue weighted by atomic mass is 35.5. The molecule has 0 spiro atoms. The van der Waals surface area contributed by atoms with Gasteiger partial charge in [-0.3, -0.25) is 9.69 Å². The summed E-state index contributed by atoms with van der Waals surface area (Å²) in [4.78, 5) is 35.0. The first-order valence-corrected chi connectivity index (χ1v) is 11.0. The second-order valence-electron chi connectivity index (χ2n) is 8.81. The van der Waals surface area contributed by atoms with Crippen molar-refractivity contribution in [2.45, 2.75) is 57.4 Å². The van der Waals surface area contributed by atoms with Crippen LogP contribution in [0.1, 0.15) is 49.8 Å². The van der Waals surface area contributed by atoms with E-state index in [-0.39, 0.29) is 30.9 Å². The summed E-state index contributed by atoms with van der Waals surface area (Å²) in [5.41, 5.74) is 2.44. The number of hydrogen-bond acceptors (Lipinski definition) is 4. The van der Waals surface area contributed by atoms with E-state index in [1.807, 2.05) is 15.9 Å². The molecule has 166 valence electrons. The van der Waals surface area contributed by atoms with Crippen LogP contribution >= 0.6 is 12.4 Å². The van der Waals surface area contributed by atoms with Gasteiger partial charge in [0.15, 0.2) is 0 Å². The lowest BCUT2D eigenvalue weighted by molar-refractivity contribution is -0.137. The molecule has 7 nitrogen and oxygen atoms in total. The molecule has 1 aliphatic carbocycles. The number of amides is 2. The molecule has 2 aliphatic heterocycles. The lowest BCUT2D eigenvalue weighted by Crippen LogP contribution is -2.41. The van der Waals surface area contributed by atoms with E-state index in [4.69, 9.17) is 10.1 Å². The van der Waals surface area contributed by atoms with Gasteiger partial charge in [0.2, 0.25) is 0 Å². The zero-order valence-electron chi connectivity index (χ0n) is 17.8. The van der Waals surface area contributed by atoms with Crippen LogP contribution in [0.3, 0.4) is 0 Å². The molecule has 3 aliphatic rings. The van der Waals surface area contributed by atoms with Gasteiger partial charge in [-0.1, -0.05) is 6.07 Å². The van der Waals surface area contributed by atoms with Crippen molar-refractivity contribution < 1.29 is 14.7 Å². The van der Waals surface area contributed by atoms with Gasteiger partial charge in [0.1, 0.15) is 5.82 Å². The predicted molar refractivity (Wildman–Crippen MR) is 118 cm³/mol. The number of likely N-dealkylation sites (N-methyl/N-ethyl adjacent to an activating group) is 1. The van der Waals surface area contributed by atoms with Crippen LogP contribution in [0.25, 0.3) is 0 Å². The topological polar surface area (TPSA) is 77.0 Å². The van der Waals surface area contributed by atoms with Crippen LogP contribution in [0.4, 0.5) is 10.6 Å². The molecule has 0 unspecified atom stereocenters. The van der Waals surface area contributed by atoms with E-state index in [1.54, 1.807) is 0 Å². The summed E-state index contributed by atoms with van der Waals surface area (Å²) in [6, 6.07) is 4.52. The molecule has 30 heavy (non-hydrogen) atoms. The second-order valence-corrected chi connectivity index (χ2v) is 8.81. The number of aliphatic carboxylic acids is 1. The van der Waals surface area contributed by atoms with Crippen LogP contribution in [0.5, 0.6) is 0 Å². The summed E-state index contributed by atoms with van der Waals surface area (Å²) in [6.07, 6.45) is 6.97. The van der Waals surface area contributed by atoms with Crippen molar-refractivity contribution in [2.24, 2.45) is 5.92 Å². The second kappa shape index (κ2) is 9.96. The average Bonchev–Trinajstić information content (AvgIpc) is 3.00. The molecule has 4 rings (SSSR count). The van der Waals surface area contributed by atoms with Crippen molar-refractivity contribution in [1.82, 2.24) is 14.8 Å². The average molecular weight is 437 g/mol. The minimum Gasteiger partial charge on any atom is -0.481 e. The summed E-state index contributed by atoms with van der Waals surface area (Å²) in [5, 5.41) is 8.88. The van der Waals surface area contributed by atoms with Crippen LogP contribution in [-0.2, 0) is 17.6 Å². The minimum atomic E-state index is -0.711. The molecule has 8 heteroatoms. The maximum Gasteiger partial charge on any atom is 0.326 e. The van der Waals surface area contributed by atoms with Crippen LogP contribution < -0.4 is 4.90 Å². The van der Waals surface area contributed by atoms with Gasteiger partial charge >= 0.3 is 12.0 Å². The van der Waals surface area contributed by atoms with Crippen LogP contribution in [-0.4, -0.2) is 71.2 Å². The van der Waals surface area contributed by atoms with Crippen LogP contribution in [0.2, 0.25) is 0 Å². The Morgan fingerprint density at radius 2 is 1.83 bits per heavy atom. The molecule has 0 radical (unpaired) electrons. The Morgan fingerprint density at radius 3 is 2.57 bits per heavy atom. The van der Waals surface area contributed by atoms with E-state index in [9.17, 15) is 9.59 Å². The Labute approximate surface area is 184 Å². The molecular formula is C22H33ClN4O3. The molecule has 0 bridgehead atoms. The van der Waals surface area contributed by atoms with Gasteiger partial charge in [0.05, 0.1) is 0 Å². The van der Waals surface area contributed by atoms with E-state index in [0.29, 0.717) is 12.5 Å². The van der Waals surface area contributed by atoms with Crippen molar-refractivity contribution in [1.29, 1.82) is 0 Å². The third kappa shape index (κ3) is 5.06. The number of nitrogens with zero attached hydrogens (tertiary/aromatic N) is 4.